The van der Waals surface area contributed by atoms with Crippen molar-refractivity contribution in [2.45, 2.75) is 170 Å². The fraction of sp³-hybridized carbons (Fsp3) is 0.508. The number of aromatic hydroxyl groups is 1. The number of carbonyl (C=O) groups is 12. The minimum Gasteiger partial charge on any atom is -0.508 e. The van der Waals surface area contributed by atoms with Gasteiger partial charge in [-0.2, -0.15) is 0 Å². The molecule has 0 saturated carbocycles. The number of hydrogen-bond donors (Lipinski definition) is 16. The number of benzene rings is 3. The van der Waals surface area contributed by atoms with Gasteiger partial charge in [-0.05, 0) is 119 Å². The Balaban J connectivity index is 1.41. The van der Waals surface area contributed by atoms with Crippen molar-refractivity contribution in [3.63, 3.8) is 0 Å². The summed E-state index contributed by atoms with van der Waals surface area (Å²) in [7, 11) is 0. The van der Waals surface area contributed by atoms with Gasteiger partial charge in [0.05, 0.1) is 18.9 Å². The van der Waals surface area contributed by atoms with Gasteiger partial charge in [-0.3, -0.25) is 57.7 Å². The third-order valence-electron chi connectivity index (χ3n) is 16.0. The van der Waals surface area contributed by atoms with Gasteiger partial charge < -0.3 is 97.4 Å². The molecule has 31 nitrogen and oxygen atoms in total. The van der Waals surface area contributed by atoms with Crippen LogP contribution in [0.25, 0.3) is 0 Å². The minimum absolute atomic E-state index is 0.0204. The van der Waals surface area contributed by atoms with E-state index in [9.17, 15) is 63.0 Å². The number of nitrogens with zero attached hydrogens (tertiary/aromatic N) is 3. The topological polar surface area (TPSA) is 530 Å². The average molecular weight is 1310 g/mol. The average Bonchev–Trinajstić information content (AvgIpc) is 1.59. The van der Waals surface area contributed by atoms with Crippen molar-refractivity contribution in [2.75, 3.05) is 32.7 Å². The first kappa shape index (κ1) is 75.0. The van der Waals surface area contributed by atoms with Gasteiger partial charge >= 0.3 is 5.97 Å². The van der Waals surface area contributed by atoms with Crippen LogP contribution in [0.3, 0.4) is 0 Å². The number of carboxylic acid groups (broad SMARTS) is 1. The van der Waals surface area contributed by atoms with Crippen LogP contribution < -0.4 is 77.4 Å². The van der Waals surface area contributed by atoms with Crippen molar-refractivity contribution < 1.29 is 67.7 Å². The van der Waals surface area contributed by atoms with Crippen LogP contribution in [-0.4, -0.2) is 190 Å². The summed E-state index contributed by atoms with van der Waals surface area (Å²) in [5.41, 5.74) is 40.9. The van der Waals surface area contributed by atoms with Gasteiger partial charge in [-0.1, -0.05) is 72.8 Å². The summed E-state index contributed by atoms with van der Waals surface area (Å²) >= 11 is 0. The van der Waals surface area contributed by atoms with Gasteiger partial charge in [0.1, 0.15) is 60.1 Å². The molecular weight excluding hydrogens is 1220 g/mol. The lowest BCUT2D eigenvalue weighted by atomic mass is 10.0. The van der Waals surface area contributed by atoms with E-state index in [0.29, 0.717) is 61.8 Å². The van der Waals surface area contributed by atoms with Crippen molar-refractivity contribution in [3.05, 3.63) is 102 Å². The maximum Gasteiger partial charge on any atom is 0.326 e. The highest BCUT2D eigenvalue weighted by Gasteiger charge is 2.43. The number of nitrogens with one attached hydrogen (secondary N) is 7. The predicted octanol–water partition coefficient (Wildman–Crippen LogP) is -3.73. The molecule has 0 aromatic heterocycles. The van der Waals surface area contributed by atoms with Gasteiger partial charge in [-0.15, -0.1) is 0 Å². The maximum absolute atomic E-state index is 15.2. The van der Waals surface area contributed by atoms with Crippen LogP contribution in [-0.2, 0) is 76.8 Å². The number of amides is 11. The molecule has 23 N–H and O–H groups in total. The lowest BCUT2D eigenvalue weighted by Crippen LogP contribution is -2.61. The van der Waals surface area contributed by atoms with E-state index in [1.165, 1.54) is 34.1 Å². The fourth-order valence-corrected chi connectivity index (χ4v) is 11.1. The minimum atomic E-state index is -1.78. The summed E-state index contributed by atoms with van der Waals surface area (Å²) in [6, 6.07) is 8.76. The number of nitrogens with two attached hydrogens (primary N) is 7. The molecule has 10 atom stereocenters. The van der Waals surface area contributed by atoms with Crippen LogP contribution in [0.5, 0.6) is 5.75 Å². The van der Waals surface area contributed by atoms with Gasteiger partial charge in [-0.25, -0.2) is 4.79 Å². The predicted molar refractivity (Wildman–Crippen MR) is 344 cm³/mol. The van der Waals surface area contributed by atoms with Crippen molar-refractivity contribution in [1.82, 2.24) is 47.0 Å². The van der Waals surface area contributed by atoms with E-state index in [2.05, 4.69) is 42.2 Å². The molecule has 2 aliphatic rings. The molecule has 11 amide bonds. The Morgan fingerprint density at radius 2 is 0.872 bits per heavy atom. The zero-order valence-electron chi connectivity index (χ0n) is 52.6. The van der Waals surface area contributed by atoms with Gasteiger partial charge in [0.25, 0.3) is 0 Å². The van der Waals surface area contributed by atoms with E-state index in [1.807, 2.05) is 0 Å². The van der Waals surface area contributed by atoms with Crippen LogP contribution in [0.1, 0.15) is 107 Å². The van der Waals surface area contributed by atoms with Gasteiger partial charge in [0.15, 0.2) is 5.96 Å². The van der Waals surface area contributed by atoms with Crippen LogP contribution in [0.2, 0.25) is 0 Å². The summed E-state index contributed by atoms with van der Waals surface area (Å²) in [6.45, 7) is 0.790. The summed E-state index contributed by atoms with van der Waals surface area (Å²) in [6.07, 6.45) is 1.17. The quantitative estimate of drug-likeness (QED) is 0.0148. The fourth-order valence-electron chi connectivity index (χ4n) is 11.1. The SMILES string of the molecule is NCCCC[C@H](NC(=O)[C@@H]1CCCN1C(=O)[C@H](CCCCN)NC(=O)[C@H](CCCN=C(N)N)NC(=O)[C@@H]1CCCN1C(=O)[C@H](Cc1ccccc1)NC(=O)[C@H](Cc1ccccc1)NC(=O)[C@H](CC(N)=O)NC(=O)[C@H](Cc1ccc(O)cc1)NC(=O)[C@@H](N)CC(N)=O)C(=O)O. The molecule has 31 heteroatoms. The highest BCUT2D eigenvalue weighted by atomic mass is 16.4. The lowest BCUT2D eigenvalue weighted by Gasteiger charge is -2.32. The third kappa shape index (κ3) is 24.4. The van der Waals surface area contributed by atoms with Crippen molar-refractivity contribution in [3.8, 4) is 5.75 Å². The number of hydrogen-bond acceptors (Lipinski definition) is 17. The van der Waals surface area contributed by atoms with E-state index in [-0.39, 0.29) is 95.7 Å². The molecule has 0 unspecified atom stereocenters. The first-order valence-electron chi connectivity index (χ1n) is 31.5. The lowest BCUT2D eigenvalue weighted by molar-refractivity contribution is -0.145. The molecule has 5 rings (SSSR count). The Morgan fingerprint density at radius 1 is 0.468 bits per heavy atom. The summed E-state index contributed by atoms with van der Waals surface area (Å²) in [5, 5.41) is 38.2. The molecule has 2 heterocycles. The Morgan fingerprint density at radius 3 is 1.36 bits per heavy atom. The smallest absolute Gasteiger partial charge is 0.326 e. The van der Waals surface area contributed by atoms with E-state index < -0.39 is 144 Å². The number of phenolic OH excluding ortho intramolecular Hbond substituents is 1. The number of likely N-dealkylation sites (tertiary alicyclic amines) is 2. The standard InChI is InChI=1S/C63H91N17O14/c64-27-9-7-18-43(60(91)79-30-12-22-50(79)59(90)74-44(62(93)94)19-8-10-28-65)73-54(85)42(20-11-29-71-63(69)70)72-58(89)49-21-13-31-80(49)61(92)48(34-38-16-5-2-6-17-38)78-56(87)46(32-37-14-3-1-4-15-37)76-57(88)47(36-52(68)83)77-55(86)45(33-39-23-25-40(81)26-24-39)75-53(84)41(66)35-51(67)82/h1-6,14-17,23-26,41-50,81H,7-13,18-22,27-36,64-66H2,(H2,67,82)(H2,68,83)(H,72,89)(H,73,85)(H,74,90)(H,75,84)(H,76,88)(H,77,86)(H,78,87)(H,93,94)(H4,69,70,71)/t41-,42-,43-,44-,45-,46-,47-,48-,49-,50-/m0/s1. The Kier molecular flexibility index (Phi) is 30.6. The van der Waals surface area contributed by atoms with E-state index >= 15 is 4.79 Å². The van der Waals surface area contributed by atoms with Gasteiger partial charge in [0.2, 0.25) is 65.0 Å². The number of aliphatic carboxylic acids is 1. The number of carboxylic acids is 1. The highest BCUT2D eigenvalue weighted by Crippen LogP contribution is 2.24. The molecule has 0 radical (unpaired) electrons. The summed E-state index contributed by atoms with van der Waals surface area (Å²) < 4.78 is 0. The third-order valence-corrected chi connectivity index (χ3v) is 16.0. The van der Waals surface area contributed by atoms with Crippen LogP contribution >= 0.6 is 0 Å². The van der Waals surface area contributed by atoms with Crippen LogP contribution in [0.15, 0.2) is 89.9 Å². The number of carbonyl (C=O) groups excluding carboxylic acids is 11. The molecule has 2 fully saturated rings. The van der Waals surface area contributed by atoms with Crippen LogP contribution in [0.4, 0.5) is 0 Å². The second kappa shape index (κ2) is 38.3. The highest BCUT2D eigenvalue weighted by molar-refractivity contribution is 6.00. The number of primary amides is 2. The molecule has 0 aliphatic carbocycles. The number of aliphatic imine (C=N–C) groups is 1. The van der Waals surface area contributed by atoms with Crippen molar-refractivity contribution in [1.29, 1.82) is 0 Å². The summed E-state index contributed by atoms with van der Waals surface area (Å²) in [4.78, 5) is 172. The second-order valence-electron chi connectivity index (χ2n) is 23.4. The molecule has 3 aromatic rings. The number of guanidine groups is 1. The number of unbranched alkanes of at least 4 members (excludes halogenated alkanes) is 2. The van der Waals surface area contributed by atoms with E-state index in [0.717, 1.165) is 0 Å². The van der Waals surface area contributed by atoms with Crippen molar-refractivity contribution >= 4 is 76.9 Å². The van der Waals surface area contributed by atoms with Crippen molar-refractivity contribution in [2.24, 2.45) is 45.1 Å². The van der Waals surface area contributed by atoms with Gasteiger partial charge in [0, 0.05) is 38.9 Å². The Labute approximate surface area is 544 Å². The second-order valence-corrected chi connectivity index (χ2v) is 23.4. The molecule has 2 aliphatic heterocycles. The van der Waals surface area contributed by atoms with Crippen LogP contribution in [0, 0.1) is 0 Å². The zero-order chi connectivity index (χ0) is 68.9. The number of rotatable bonds is 39. The Hall–Kier alpha value is -9.75. The molecule has 512 valence electrons. The Bertz CT molecular complexity index is 3100. The molecule has 0 bridgehead atoms. The summed E-state index contributed by atoms with van der Waals surface area (Å²) in [5.74, 6) is -11.0. The first-order chi connectivity index (χ1) is 44.9. The first-order valence-corrected chi connectivity index (χ1v) is 31.5. The maximum atomic E-state index is 15.2. The molecule has 2 saturated heterocycles. The molecular formula is C63H91N17O14. The van der Waals surface area contributed by atoms with E-state index in [1.54, 1.807) is 60.7 Å². The monoisotopic (exact) mass is 1310 g/mol. The molecule has 0 spiro atoms. The molecule has 3 aromatic carbocycles. The largest absolute Gasteiger partial charge is 0.508 e. The normalized spacial score (nSPS) is 16.8. The zero-order valence-corrected chi connectivity index (χ0v) is 52.6. The molecule has 94 heavy (non-hydrogen) atoms. The van der Waals surface area contributed by atoms with E-state index in [4.69, 9.17) is 40.1 Å². The number of phenols is 1.